The summed E-state index contributed by atoms with van der Waals surface area (Å²) in [6.07, 6.45) is 2.40. The Morgan fingerprint density at radius 3 is 3.00 bits per heavy atom. The molecule has 1 aromatic heterocycles. The zero-order valence-electron chi connectivity index (χ0n) is 9.70. The van der Waals surface area contributed by atoms with Crippen molar-refractivity contribution < 1.29 is 9.90 Å². The summed E-state index contributed by atoms with van der Waals surface area (Å²) in [5.41, 5.74) is 1.06. The van der Waals surface area contributed by atoms with E-state index in [4.69, 9.17) is 11.6 Å². The molecule has 0 saturated carbocycles. The fourth-order valence-corrected chi connectivity index (χ4v) is 1.73. The van der Waals surface area contributed by atoms with E-state index in [2.05, 4.69) is 15.5 Å². The number of phenols is 1. The van der Waals surface area contributed by atoms with Crippen molar-refractivity contribution in [3.8, 4) is 5.75 Å². The predicted molar refractivity (Wildman–Crippen MR) is 69.0 cm³/mol. The number of nitrogens with one attached hydrogen (secondary N) is 2. The first-order chi connectivity index (χ1) is 8.61. The molecule has 5 nitrogen and oxygen atoms in total. The Labute approximate surface area is 109 Å². The zero-order chi connectivity index (χ0) is 13.1. The maximum absolute atomic E-state index is 12.0. The Morgan fingerprint density at radius 1 is 1.56 bits per heavy atom. The summed E-state index contributed by atoms with van der Waals surface area (Å²) >= 11 is 5.70. The Bertz CT molecular complexity index is 580. The van der Waals surface area contributed by atoms with Crippen molar-refractivity contribution >= 4 is 23.3 Å². The Kier molecular flexibility index (Phi) is 3.53. The van der Waals surface area contributed by atoms with Crippen molar-refractivity contribution in [2.45, 2.75) is 13.3 Å². The van der Waals surface area contributed by atoms with Gasteiger partial charge in [0.25, 0.3) is 5.91 Å². The quantitative estimate of drug-likeness (QED) is 0.798. The van der Waals surface area contributed by atoms with E-state index < -0.39 is 5.91 Å². The summed E-state index contributed by atoms with van der Waals surface area (Å²) in [6.45, 7) is 1.96. The standard InChI is InChI=1S/C12H12ClN3O2/c1-2-7-6-14-16-11(7)15-12(18)9-4-3-8(13)5-10(9)17/h3-6,17H,2H2,1H3,(H2,14,15,16,18). The van der Waals surface area contributed by atoms with Crippen LogP contribution < -0.4 is 5.32 Å². The molecule has 94 valence electrons. The summed E-state index contributed by atoms with van der Waals surface area (Å²) in [5, 5.41) is 19.2. The first kappa shape index (κ1) is 12.4. The minimum absolute atomic E-state index is 0.155. The maximum atomic E-state index is 12.0. The van der Waals surface area contributed by atoms with Crippen LogP contribution in [0, 0.1) is 0 Å². The largest absolute Gasteiger partial charge is 0.507 e. The smallest absolute Gasteiger partial charge is 0.260 e. The molecule has 0 aliphatic rings. The third-order valence-electron chi connectivity index (χ3n) is 2.54. The molecule has 0 spiro atoms. The molecule has 6 heteroatoms. The van der Waals surface area contributed by atoms with Crippen LogP contribution in [0.15, 0.2) is 24.4 Å². The summed E-state index contributed by atoms with van der Waals surface area (Å²) in [7, 11) is 0. The number of aromatic hydroxyl groups is 1. The lowest BCUT2D eigenvalue weighted by molar-refractivity contribution is 0.102. The third-order valence-corrected chi connectivity index (χ3v) is 2.78. The van der Waals surface area contributed by atoms with Gasteiger partial charge >= 0.3 is 0 Å². The lowest BCUT2D eigenvalue weighted by Gasteiger charge is -2.06. The number of hydrogen-bond donors (Lipinski definition) is 3. The van der Waals surface area contributed by atoms with E-state index >= 15 is 0 Å². The van der Waals surface area contributed by atoms with Gasteiger partial charge in [-0.15, -0.1) is 0 Å². The molecule has 0 aliphatic heterocycles. The number of anilines is 1. The van der Waals surface area contributed by atoms with Crippen LogP contribution in [-0.2, 0) is 6.42 Å². The van der Waals surface area contributed by atoms with E-state index in [1.165, 1.54) is 12.1 Å². The average molecular weight is 266 g/mol. The van der Waals surface area contributed by atoms with Crippen LogP contribution in [0.1, 0.15) is 22.8 Å². The summed E-state index contributed by atoms with van der Waals surface area (Å²) < 4.78 is 0. The van der Waals surface area contributed by atoms with Crippen LogP contribution in [0.3, 0.4) is 0 Å². The van der Waals surface area contributed by atoms with Crippen LogP contribution in [0.2, 0.25) is 5.02 Å². The van der Waals surface area contributed by atoms with Crippen LogP contribution >= 0.6 is 11.6 Å². The highest BCUT2D eigenvalue weighted by atomic mass is 35.5. The van der Waals surface area contributed by atoms with Gasteiger partial charge in [-0.25, -0.2) is 0 Å². The molecule has 0 radical (unpaired) electrons. The van der Waals surface area contributed by atoms with Crippen LogP contribution in [0.4, 0.5) is 5.82 Å². The second kappa shape index (κ2) is 5.10. The van der Waals surface area contributed by atoms with Gasteiger partial charge in [0.15, 0.2) is 0 Å². The van der Waals surface area contributed by atoms with Gasteiger partial charge in [0.2, 0.25) is 0 Å². The van der Waals surface area contributed by atoms with Crippen LogP contribution in [0.5, 0.6) is 5.75 Å². The summed E-state index contributed by atoms with van der Waals surface area (Å²) in [4.78, 5) is 12.0. The van der Waals surface area contributed by atoms with Gasteiger partial charge in [0.1, 0.15) is 11.6 Å². The van der Waals surface area contributed by atoms with Crippen molar-refractivity contribution in [1.29, 1.82) is 0 Å². The van der Waals surface area contributed by atoms with Crippen LogP contribution in [-0.4, -0.2) is 21.2 Å². The van der Waals surface area contributed by atoms with E-state index in [0.717, 1.165) is 12.0 Å². The number of aryl methyl sites for hydroxylation is 1. The molecule has 0 fully saturated rings. The molecule has 0 saturated heterocycles. The minimum atomic E-state index is -0.414. The number of benzene rings is 1. The molecule has 18 heavy (non-hydrogen) atoms. The molecule has 2 rings (SSSR count). The second-order valence-electron chi connectivity index (χ2n) is 3.74. The predicted octanol–water partition coefficient (Wildman–Crippen LogP) is 2.58. The Balaban J connectivity index is 2.22. The van der Waals surface area contributed by atoms with Crippen LogP contribution in [0.25, 0.3) is 0 Å². The number of aromatic amines is 1. The van der Waals surface area contributed by atoms with Gasteiger partial charge in [-0.3, -0.25) is 9.89 Å². The Hall–Kier alpha value is -2.01. The van der Waals surface area contributed by atoms with Gasteiger partial charge < -0.3 is 10.4 Å². The fraction of sp³-hybridized carbons (Fsp3) is 0.167. The maximum Gasteiger partial charge on any atom is 0.260 e. The van der Waals surface area contributed by atoms with Gasteiger partial charge in [0.05, 0.1) is 11.8 Å². The zero-order valence-corrected chi connectivity index (χ0v) is 10.5. The van der Waals surface area contributed by atoms with Gasteiger partial charge in [-0.1, -0.05) is 18.5 Å². The number of H-pyrrole nitrogens is 1. The first-order valence-corrected chi connectivity index (χ1v) is 5.81. The number of carbonyl (C=O) groups is 1. The van der Waals surface area contributed by atoms with Gasteiger partial charge in [0, 0.05) is 10.6 Å². The van der Waals surface area contributed by atoms with E-state index in [-0.39, 0.29) is 11.3 Å². The van der Waals surface area contributed by atoms with E-state index in [0.29, 0.717) is 10.8 Å². The molecule has 1 aromatic carbocycles. The van der Waals surface area contributed by atoms with E-state index in [1.54, 1.807) is 12.3 Å². The number of amides is 1. The molecule has 3 N–H and O–H groups in total. The molecular weight excluding hydrogens is 254 g/mol. The number of nitrogens with zero attached hydrogens (tertiary/aromatic N) is 1. The molecule has 2 aromatic rings. The number of phenolic OH excluding ortho intramolecular Hbond substituents is 1. The molecule has 0 atom stereocenters. The van der Waals surface area contributed by atoms with E-state index in [9.17, 15) is 9.90 Å². The number of rotatable bonds is 3. The van der Waals surface area contributed by atoms with E-state index in [1.807, 2.05) is 6.92 Å². The number of hydrogen-bond acceptors (Lipinski definition) is 3. The highest BCUT2D eigenvalue weighted by molar-refractivity contribution is 6.30. The topological polar surface area (TPSA) is 78.0 Å². The Morgan fingerprint density at radius 2 is 2.33 bits per heavy atom. The summed E-state index contributed by atoms with van der Waals surface area (Å²) in [5.74, 6) is -0.0301. The molecule has 0 unspecified atom stereocenters. The van der Waals surface area contributed by atoms with Gasteiger partial charge in [-0.05, 0) is 24.6 Å². The monoisotopic (exact) mass is 265 g/mol. The second-order valence-corrected chi connectivity index (χ2v) is 4.18. The highest BCUT2D eigenvalue weighted by Crippen LogP contribution is 2.23. The fourth-order valence-electron chi connectivity index (χ4n) is 1.57. The lowest BCUT2D eigenvalue weighted by Crippen LogP contribution is -2.13. The van der Waals surface area contributed by atoms with Crippen molar-refractivity contribution in [1.82, 2.24) is 10.2 Å². The highest BCUT2D eigenvalue weighted by Gasteiger charge is 2.13. The molecule has 1 heterocycles. The normalized spacial score (nSPS) is 10.3. The number of halogens is 1. The van der Waals surface area contributed by atoms with Crippen molar-refractivity contribution in [3.05, 3.63) is 40.5 Å². The molecule has 1 amide bonds. The minimum Gasteiger partial charge on any atom is -0.507 e. The number of carbonyl (C=O) groups excluding carboxylic acids is 1. The first-order valence-electron chi connectivity index (χ1n) is 5.44. The average Bonchev–Trinajstić information content (AvgIpc) is 2.76. The SMILES string of the molecule is CCc1cn[nH]c1NC(=O)c1ccc(Cl)cc1O. The van der Waals surface area contributed by atoms with Crippen molar-refractivity contribution in [2.24, 2.45) is 0 Å². The number of aromatic nitrogens is 2. The molecular formula is C12H12ClN3O2. The van der Waals surface area contributed by atoms with Crippen molar-refractivity contribution in [3.63, 3.8) is 0 Å². The van der Waals surface area contributed by atoms with Gasteiger partial charge in [-0.2, -0.15) is 5.10 Å². The van der Waals surface area contributed by atoms with Crippen molar-refractivity contribution in [2.75, 3.05) is 5.32 Å². The lowest BCUT2D eigenvalue weighted by atomic mass is 10.2. The summed E-state index contributed by atoms with van der Waals surface area (Å²) in [6, 6.07) is 4.34. The molecule has 0 aliphatic carbocycles. The molecule has 0 bridgehead atoms. The third kappa shape index (κ3) is 2.46.